The van der Waals surface area contributed by atoms with Gasteiger partial charge in [0.15, 0.2) is 0 Å². The summed E-state index contributed by atoms with van der Waals surface area (Å²) >= 11 is 0. The van der Waals surface area contributed by atoms with Crippen molar-refractivity contribution in [3.8, 4) is 11.5 Å². The second-order valence-electron chi connectivity index (χ2n) is 12.3. The van der Waals surface area contributed by atoms with Crippen LogP contribution in [-0.2, 0) is 9.59 Å². The maximum absolute atomic E-state index is 13.3. The molecule has 4 aromatic rings. The number of ether oxygens (including phenoxy) is 2. The van der Waals surface area contributed by atoms with Gasteiger partial charge in [0.25, 0.3) is 11.8 Å². The normalized spacial score (nSPS) is 14.4. The van der Waals surface area contributed by atoms with Crippen LogP contribution in [0.3, 0.4) is 0 Å². The Morgan fingerprint density at radius 1 is 0.604 bits per heavy atom. The number of para-hydroxylation sites is 1. The first-order valence-corrected chi connectivity index (χ1v) is 18.2. The molecule has 2 heterocycles. The van der Waals surface area contributed by atoms with Crippen molar-refractivity contribution in [2.75, 3.05) is 73.7 Å². The highest BCUT2D eigenvalue weighted by Crippen LogP contribution is 2.33. The van der Waals surface area contributed by atoms with Gasteiger partial charge in [-0.15, -0.1) is 0 Å². The third kappa shape index (κ3) is 10.7. The van der Waals surface area contributed by atoms with Crippen molar-refractivity contribution >= 4 is 45.7 Å². The van der Waals surface area contributed by atoms with E-state index in [0.29, 0.717) is 35.6 Å². The molecule has 2 aliphatic heterocycles. The summed E-state index contributed by atoms with van der Waals surface area (Å²) in [7, 11) is 0. The number of benzene rings is 4. The summed E-state index contributed by atoms with van der Waals surface area (Å²) in [5, 5.41) is 11.8. The van der Waals surface area contributed by atoms with E-state index in [1.54, 1.807) is 18.5 Å². The van der Waals surface area contributed by atoms with Gasteiger partial charge in [0.05, 0.1) is 16.8 Å². The molecule has 278 valence electrons. The fraction of sp³-hybridized carbons (Fsp3) is 0.286. The first-order valence-electron chi connectivity index (χ1n) is 18.2. The van der Waals surface area contributed by atoms with Gasteiger partial charge in [-0.2, -0.15) is 0 Å². The molecule has 2 aliphatic rings. The van der Waals surface area contributed by atoms with Gasteiger partial charge in [-0.3, -0.25) is 9.59 Å². The standard InChI is InChI=1S/C21H24FN3O2.C21H25N3O2/c1-3-25(4-2)11-12-27-17-8-6-16(7-9-17)23-14-19-18-10-5-15(22)13-20(18)24-21(19)26;1-3-24(4-2)13-14-26-17-11-9-16(10-12-17)22-15-19-18-7-5-6-8-20(18)23-21(19)25/h5-10,13-14,23H,3-4,11-12H2,1-2H3,(H,24,26);5-12,15,22H,3-4,13-14H2,1-2H3,(H,23,25)/b19-14+;19-15+. The highest BCUT2D eigenvalue weighted by atomic mass is 19.1. The third-order valence-corrected chi connectivity index (χ3v) is 9.09. The van der Waals surface area contributed by atoms with Crippen LogP contribution in [0.5, 0.6) is 11.5 Å². The van der Waals surface area contributed by atoms with Crippen LogP contribution in [0.2, 0.25) is 0 Å². The van der Waals surface area contributed by atoms with Crippen molar-refractivity contribution in [2.24, 2.45) is 0 Å². The van der Waals surface area contributed by atoms with Crippen molar-refractivity contribution in [1.29, 1.82) is 0 Å². The smallest absolute Gasteiger partial charge is 0.257 e. The number of amides is 2. The van der Waals surface area contributed by atoms with Crippen molar-refractivity contribution < 1.29 is 23.5 Å². The lowest BCUT2D eigenvalue weighted by atomic mass is 10.1. The Morgan fingerprint density at radius 2 is 1.06 bits per heavy atom. The average Bonchev–Trinajstić information content (AvgIpc) is 3.67. The fourth-order valence-electron chi connectivity index (χ4n) is 5.86. The molecule has 0 unspecified atom stereocenters. The van der Waals surface area contributed by atoms with E-state index < -0.39 is 0 Å². The highest BCUT2D eigenvalue weighted by molar-refractivity contribution is 6.32. The summed E-state index contributed by atoms with van der Waals surface area (Å²) in [6.45, 7) is 15.8. The van der Waals surface area contributed by atoms with E-state index in [1.165, 1.54) is 12.1 Å². The summed E-state index contributed by atoms with van der Waals surface area (Å²) < 4.78 is 24.8. The Hall–Kier alpha value is -5.65. The number of hydrogen-bond donors (Lipinski definition) is 4. The SMILES string of the molecule is CCN(CC)CCOc1ccc(N/C=C2/C(=O)Nc3cc(F)ccc32)cc1.CCN(CC)CCOc1ccc(N/C=C2/C(=O)Nc3ccccc32)cc1. The quantitative estimate of drug-likeness (QED) is 0.0871. The number of nitrogens with one attached hydrogen (secondary N) is 4. The molecule has 0 radical (unpaired) electrons. The van der Waals surface area contributed by atoms with Crippen molar-refractivity contribution in [3.63, 3.8) is 0 Å². The summed E-state index contributed by atoms with van der Waals surface area (Å²) in [5.41, 5.74) is 5.80. The number of likely N-dealkylation sites (N-methyl/N-ethyl adjacent to an activating group) is 2. The Labute approximate surface area is 311 Å². The number of anilines is 4. The second-order valence-corrected chi connectivity index (χ2v) is 12.3. The molecule has 0 spiro atoms. The minimum atomic E-state index is -0.375. The van der Waals surface area contributed by atoms with Crippen molar-refractivity contribution in [1.82, 2.24) is 9.80 Å². The molecule has 10 nitrogen and oxygen atoms in total. The molecular formula is C42H49FN6O4. The Morgan fingerprint density at radius 3 is 1.55 bits per heavy atom. The minimum Gasteiger partial charge on any atom is -0.492 e. The molecule has 4 N–H and O–H groups in total. The van der Waals surface area contributed by atoms with Gasteiger partial charge < -0.3 is 40.5 Å². The number of fused-ring (bicyclic) bond motifs is 2. The molecule has 4 aromatic carbocycles. The van der Waals surface area contributed by atoms with E-state index >= 15 is 0 Å². The van der Waals surface area contributed by atoms with Gasteiger partial charge in [0.2, 0.25) is 0 Å². The molecule has 0 bridgehead atoms. The van der Waals surface area contributed by atoms with E-state index in [1.807, 2.05) is 72.8 Å². The third-order valence-electron chi connectivity index (χ3n) is 9.09. The highest BCUT2D eigenvalue weighted by Gasteiger charge is 2.25. The van der Waals surface area contributed by atoms with Gasteiger partial charge in [-0.25, -0.2) is 4.39 Å². The predicted molar refractivity (Wildman–Crippen MR) is 213 cm³/mol. The topological polar surface area (TPSA) is 107 Å². The number of rotatable bonds is 16. The van der Waals surface area contributed by atoms with E-state index in [2.05, 4.69) is 58.8 Å². The Balaban J connectivity index is 0.000000204. The molecule has 0 atom stereocenters. The first-order chi connectivity index (χ1) is 25.8. The van der Waals surface area contributed by atoms with Crippen LogP contribution in [-0.4, -0.2) is 74.1 Å². The Bertz CT molecular complexity index is 1890. The van der Waals surface area contributed by atoms with E-state index in [0.717, 1.165) is 73.4 Å². The number of carbonyl (C=O) groups excluding carboxylic acids is 2. The summed E-state index contributed by atoms with van der Waals surface area (Å²) in [6.07, 6.45) is 3.38. The van der Waals surface area contributed by atoms with Crippen molar-refractivity contribution in [3.05, 3.63) is 120 Å². The number of hydrogen-bond acceptors (Lipinski definition) is 8. The Kier molecular flexibility index (Phi) is 14.0. The van der Waals surface area contributed by atoms with Gasteiger partial charge in [0.1, 0.15) is 30.5 Å². The average molecular weight is 721 g/mol. The maximum atomic E-state index is 13.3. The van der Waals surface area contributed by atoms with Gasteiger partial charge in [0, 0.05) is 53.7 Å². The van der Waals surface area contributed by atoms with E-state index in [-0.39, 0.29) is 17.6 Å². The molecule has 0 saturated carbocycles. The molecule has 0 saturated heterocycles. The van der Waals surface area contributed by atoms with Crippen LogP contribution < -0.4 is 30.7 Å². The lowest BCUT2D eigenvalue weighted by molar-refractivity contribution is -0.111. The molecular weight excluding hydrogens is 671 g/mol. The fourth-order valence-corrected chi connectivity index (χ4v) is 5.86. The molecule has 2 amide bonds. The zero-order valence-electron chi connectivity index (χ0n) is 30.9. The van der Waals surface area contributed by atoms with Crippen LogP contribution in [0.4, 0.5) is 27.1 Å². The number of carbonyl (C=O) groups is 2. The van der Waals surface area contributed by atoms with Crippen LogP contribution in [0.25, 0.3) is 11.1 Å². The summed E-state index contributed by atoms with van der Waals surface area (Å²) in [4.78, 5) is 28.8. The van der Waals surface area contributed by atoms with Crippen LogP contribution in [0.15, 0.2) is 103 Å². The van der Waals surface area contributed by atoms with Crippen LogP contribution in [0.1, 0.15) is 38.8 Å². The molecule has 53 heavy (non-hydrogen) atoms. The molecule has 0 fully saturated rings. The lowest BCUT2D eigenvalue weighted by Crippen LogP contribution is -2.27. The van der Waals surface area contributed by atoms with E-state index in [4.69, 9.17) is 9.47 Å². The van der Waals surface area contributed by atoms with Gasteiger partial charge in [-0.1, -0.05) is 45.9 Å². The van der Waals surface area contributed by atoms with Crippen molar-refractivity contribution in [2.45, 2.75) is 27.7 Å². The monoisotopic (exact) mass is 720 g/mol. The van der Waals surface area contributed by atoms with Gasteiger partial charge >= 0.3 is 0 Å². The van der Waals surface area contributed by atoms with E-state index in [9.17, 15) is 14.0 Å². The number of halogens is 1. The zero-order chi connectivity index (χ0) is 37.6. The molecule has 0 aromatic heterocycles. The van der Waals surface area contributed by atoms with Crippen LogP contribution >= 0.6 is 0 Å². The lowest BCUT2D eigenvalue weighted by Gasteiger charge is -2.18. The first kappa shape index (κ1) is 38.6. The largest absolute Gasteiger partial charge is 0.492 e. The maximum Gasteiger partial charge on any atom is 0.257 e. The molecule has 6 rings (SSSR count). The minimum absolute atomic E-state index is 0.0879. The molecule has 0 aliphatic carbocycles. The predicted octanol–water partition coefficient (Wildman–Crippen LogP) is 7.76. The van der Waals surface area contributed by atoms with Crippen LogP contribution in [0, 0.1) is 5.82 Å². The second kappa shape index (κ2) is 19.3. The number of nitrogens with zero attached hydrogens (tertiary/aromatic N) is 2. The van der Waals surface area contributed by atoms with Gasteiger partial charge in [-0.05, 0) is 99.0 Å². The summed E-state index contributed by atoms with van der Waals surface area (Å²) in [6, 6.07) is 27.3. The molecule has 11 heteroatoms. The zero-order valence-corrected chi connectivity index (χ0v) is 30.9. The summed E-state index contributed by atoms with van der Waals surface area (Å²) in [5.74, 6) is 0.938.